The number of unbranched alkanes of at least 4 members (excludes halogenated alkanes) is 2. The predicted molar refractivity (Wildman–Crippen MR) is 66.2 cm³/mol. The second-order valence-electron chi connectivity index (χ2n) is 3.71. The Kier molecular flexibility index (Phi) is 5.71. The van der Waals surface area contributed by atoms with Crippen LogP contribution in [0.2, 0.25) is 0 Å². The lowest BCUT2D eigenvalue weighted by atomic mass is 10.2. The molecule has 0 aromatic heterocycles. The Morgan fingerprint density at radius 3 is 2.88 bits per heavy atom. The zero-order valence-electron chi connectivity index (χ0n) is 9.69. The van der Waals surface area contributed by atoms with Crippen LogP contribution in [0.25, 0.3) is 0 Å². The van der Waals surface area contributed by atoms with Crippen molar-refractivity contribution in [2.45, 2.75) is 19.3 Å². The average Bonchev–Trinajstić information content (AvgIpc) is 2.27. The molecule has 94 valence electrons. The second kappa shape index (κ2) is 7.38. The molecular weight excluding hydrogens is 220 g/mol. The number of hydrogen-bond donors (Lipinski definition) is 3. The maximum atomic E-state index is 10.2. The molecule has 0 unspecified atom stereocenters. The molecule has 0 aliphatic heterocycles. The highest BCUT2D eigenvalue weighted by atomic mass is 16.5. The van der Waals surface area contributed by atoms with Crippen molar-refractivity contribution in [3.8, 4) is 5.75 Å². The molecule has 1 aromatic rings. The molecule has 5 nitrogen and oxygen atoms in total. The lowest BCUT2D eigenvalue weighted by molar-refractivity contribution is 0.194. The molecule has 0 spiro atoms. The number of amides is 1. The van der Waals surface area contributed by atoms with Gasteiger partial charge in [0.15, 0.2) is 0 Å². The maximum Gasteiger partial charge on any atom is 0.404 e. The van der Waals surface area contributed by atoms with Gasteiger partial charge in [0, 0.05) is 18.3 Å². The Labute approximate surface area is 101 Å². The third-order valence-corrected chi connectivity index (χ3v) is 2.22. The molecule has 0 saturated heterocycles. The number of hydrogen-bond acceptors (Lipinski definition) is 3. The highest BCUT2D eigenvalue weighted by Gasteiger charge is 1.96. The van der Waals surface area contributed by atoms with E-state index in [1.54, 1.807) is 6.07 Å². The highest BCUT2D eigenvalue weighted by Crippen LogP contribution is 2.14. The SMILES string of the molecule is Nc1cccc(OCCCCCNC(=O)O)c1. The summed E-state index contributed by atoms with van der Waals surface area (Å²) in [6, 6.07) is 7.31. The first-order valence-electron chi connectivity index (χ1n) is 5.63. The highest BCUT2D eigenvalue weighted by molar-refractivity contribution is 5.64. The van der Waals surface area contributed by atoms with E-state index >= 15 is 0 Å². The zero-order valence-corrected chi connectivity index (χ0v) is 9.69. The van der Waals surface area contributed by atoms with Crippen LogP contribution >= 0.6 is 0 Å². The molecule has 0 heterocycles. The van der Waals surface area contributed by atoms with Gasteiger partial charge in [-0.15, -0.1) is 0 Å². The van der Waals surface area contributed by atoms with Crippen LogP contribution in [0.4, 0.5) is 10.5 Å². The fourth-order valence-electron chi connectivity index (χ4n) is 1.39. The Morgan fingerprint density at radius 1 is 1.35 bits per heavy atom. The van der Waals surface area contributed by atoms with Crippen LogP contribution in [0.3, 0.4) is 0 Å². The van der Waals surface area contributed by atoms with Crippen molar-refractivity contribution in [1.29, 1.82) is 0 Å². The van der Waals surface area contributed by atoms with Crippen LogP contribution in [0, 0.1) is 0 Å². The van der Waals surface area contributed by atoms with E-state index in [2.05, 4.69) is 5.32 Å². The van der Waals surface area contributed by atoms with Crippen molar-refractivity contribution in [3.63, 3.8) is 0 Å². The van der Waals surface area contributed by atoms with Crippen LogP contribution in [0.5, 0.6) is 5.75 Å². The third kappa shape index (κ3) is 6.29. The van der Waals surface area contributed by atoms with Gasteiger partial charge in [0.05, 0.1) is 6.61 Å². The van der Waals surface area contributed by atoms with Crippen molar-refractivity contribution in [2.24, 2.45) is 0 Å². The number of nitrogen functional groups attached to an aromatic ring is 1. The van der Waals surface area contributed by atoms with Gasteiger partial charge in [0.2, 0.25) is 0 Å². The normalized spacial score (nSPS) is 9.88. The molecule has 1 amide bonds. The lowest BCUT2D eigenvalue weighted by Gasteiger charge is -2.06. The number of ether oxygens (including phenoxy) is 1. The van der Waals surface area contributed by atoms with Gasteiger partial charge in [-0.2, -0.15) is 0 Å². The third-order valence-electron chi connectivity index (χ3n) is 2.22. The molecule has 0 atom stereocenters. The van der Waals surface area contributed by atoms with E-state index in [9.17, 15) is 4.79 Å². The van der Waals surface area contributed by atoms with Crippen LogP contribution in [-0.2, 0) is 0 Å². The Bertz CT molecular complexity index is 355. The van der Waals surface area contributed by atoms with E-state index in [-0.39, 0.29) is 0 Å². The summed E-state index contributed by atoms with van der Waals surface area (Å²) in [5.41, 5.74) is 6.30. The summed E-state index contributed by atoms with van der Waals surface area (Å²) in [5, 5.41) is 10.7. The van der Waals surface area contributed by atoms with E-state index in [1.807, 2.05) is 18.2 Å². The molecule has 17 heavy (non-hydrogen) atoms. The Balaban J connectivity index is 2.03. The zero-order chi connectivity index (χ0) is 12.5. The van der Waals surface area contributed by atoms with Gasteiger partial charge in [-0.1, -0.05) is 6.07 Å². The number of carboxylic acid groups (broad SMARTS) is 1. The number of nitrogens with two attached hydrogens (primary N) is 1. The first kappa shape index (κ1) is 13.2. The summed E-state index contributed by atoms with van der Waals surface area (Å²) in [6.07, 6.45) is 1.69. The molecule has 0 fully saturated rings. The molecular formula is C12H18N2O3. The minimum atomic E-state index is -0.971. The van der Waals surface area contributed by atoms with Crippen LogP contribution < -0.4 is 15.8 Å². The first-order chi connectivity index (χ1) is 8.18. The number of anilines is 1. The minimum absolute atomic E-state index is 0.494. The van der Waals surface area contributed by atoms with Crippen molar-refractivity contribution >= 4 is 11.8 Å². The fourth-order valence-corrected chi connectivity index (χ4v) is 1.39. The maximum absolute atomic E-state index is 10.2. The number of nitrogens with one attached hydrogen (secondary N) is 1. The van der Waals surface area contributed by atoms with Crippen molar-refractivity contribution < 1.29 is 14.6 Å². The average molecular weight is 238 g/mol. The monoisotopic (exact) mass is 238 g/mol. The molecule has 1 aromatic carbocycles. The molecule has 0 aliphatic rings. The van der Waals surface area contributed by atoms with E-state index in [4.69, 9.17) is 15.6 Å². The van der Waals surface area contributed by atoms with Gasteiger partial charge in [0.25, 0.3) is 0 Å². The summed E-state index contributed by atoms with van der Waals surface area (Å²) in [7, 11) is 0. The second-order valence-corrected chi connectivity index (χ2v) is 3.71. The summed E-state index contributed by atoms with van der Waals surface area (Å²) in [6.45, 7) is 1.12. The van der Waals surface area contributed by atoms with Crippen LogP contribution in [-0.4, -0.2) is 24.4 Å². The van der Waals surface area contributed by atoms with Crippen molar-refractivity contribution in [1.82, 2.24) is 5.32 Å². The minimum Gasteiger partial charge on any atom is -0.494 e. The summed E-state index contributed by atoms with van der Waals surface area (Å²) >= 11 is 0. The van der Waals surface area contributed by atoms with Gasteiger partial charge in [0.1, 0.15) is 5.75 Å². The summed E-state index contributed by atoms with van der Waals surface area (Å²) < 4.78 is 5.50. The number of carbonyl (C=O) groups is 1. The number of rotatable bonds is 7. The number of benzene rings is 1. The van der Waals surface area contributed by atoms with Gasteiger partial charge >= 0.3 is 6.09 Å². The van der Waals surface area contributed by atoms with Gasteiger partial charge < -0.3 is 20.9 Å². The quantitative estimate of drug-likeness (QED) is 0.501. The first-order valence-corrected chi connectivity index (χ1v) is 5.63. The van der Waals surface area contributed by atoms with Crippen LogP contribution in [0.1, 0.15) is 19.3 Å². The van der Waals surface area contributed by atoms with Crippen molar-refractivity contribution in [3.05, 3.63) is 24.3 Å². The van der Waals surface area contributed by atoms with Crippen molar-refractivity contribution in [2.75, 3.05) is 18.9 Å². The van der Waals surface area contributed by atoms with Crippen LogP contribution in [0.15, 0.2) is 24.3 Å². The van der Waals surface area contributed by atoms with Gasteiger partial charge in [-0.25, -0.2) is 4.79 Å². The van der Waals surface area contributed by atoms with Gasteiger partial charge in [-0.3, -0.25) is 0 Å². The molecule has 0 aliphatic carbocycles. The van der Waals surface area contributed by atoms with E-state index < -0.39 is 6.09 Å². The molecule has 0 radical (unpaired) electrons. The molecule has 5 heteroatoms. The molecule has 0 saturated carbocycles. The van der Waals surface area contributed by atoms with E-state index in [0.29, 0.717) is 18.8 Å². The predicted octanol–water partition coefficient (Wildman–Crippen LogP) is 2.09. The summed E-state index contributed by atoms with van der Waals surface area (Å²) in [4.78, 5) is 10.2. The largest absolute Gasteiger partial charge is 0.494 e. The lowest BCUT2D eigenvalue weighted by Crippen LogP contribution is -2.21. The standard InChI is InChI=1S/C12H18N2O3/c13-10-5-4-6-11(9-10)17-8-3-1-2-7-14-12(15)16/h4-6,9,14H,1-3,7-8,13H2,(H,15,16). The molecule has 4 N–H and O–H groups in total. The smallest absolute Gasteiger partial charge is 0.404 e. The molecule has 1 rings (SSSR count). The van der Waals surface area contributed by atoms with Gasteiger partial charge in [-0.05, 0) is 31.4 Å². The summed E-state index contributed by atoms with van der Waals surface area (Å²) in [5.74, 6) is 0.772. The molecule has 0 bridgehead atoms. The van der Waals surface area contributed by atoms with E-state index in [1.165, 1.54) is 0 Å². The Hall–Kier alpha value is -1.91. The fraction of sp³-hybridized carbons (Fsp3) is 0.417. The topological polar surface area (TPSA) is 84.6 Å². The van der Waals surface area contributed by atoms with E-state index in [0.717, 1.165) is 25.0 Å². The Morgan fingerprint density at radius 2 is 2.18 bits per heavy atom.